The molecular weight excluding hydrogens is 291 g/mol. The van der Waals surface area contributed by atoms with E-state index in [1.165, 1.54) is 0 Å². The Balaban J connectivity index is 0. The molecule has 1 fully saturated rings. The van der Waals surface area contributed by atoms with Crippen molar-refractivity contribution in [2.75, 3.05) is 45.8 Å². The molecule has 0 spiro atoms. The largest absolute Gasteiger partial charge is 0.355 e. The van der Waals surface area contributed by atoms with Crippen LogP contribution in [0.1, 0.15) is 13.3 Å². The molecule has 3 N–H and O–H groups in total. The summed E-state index contributed by atoms with van der Waals surface area (Å²) in [4.78, 5) is 26.8. The van der Waals surface area contributed by atoms with Crippen LogP contribution < -0.4 is 11.1 Å². The minimum absolute atomic E-state index is 0. The van der Waals surface area contributed by atoms with Crippen LogP contribution in [0, 0.1) is 0 Å². The van der Waals surface area contributed by atoms with Crippen molar-refractivity contribution in [2.45, 2.75) is 13.3 Å². The average molecular weight is 315 g/mol. The van der Waals surface area contributed by atoms with Crippen molar-refractivity contribution < 1.29 is 9.59 Å². The number of piperazine rings is 1. The number of nitrogens with zero attached hydrogens (tertiary/aromatic N) is 2. The number of halogens is 2. The van der Waals surface area contributed by atoms with Crippen molar-refractivity contribution in [3.8, 4) is 0 Å². The number of hydrogen-bond donors (Lipinski definition) is 2. The molecule has 0 aliphatic carbocycles. The molecule has 2 amide bonds. The lowest BCUT2D eigenvalue weighted by molar-refractivity contribution is -0.133. The van der Waals surface area contributed by atoms with Crippen molar-refractivity contribution in [3.63, 3.8) is 0 Å². The monoisotopic (exact) mass is 314 g/mol. The molecule has 1 aliphatic heterocycles. The van der Waals surface area contributed by atoms with Crippen molar-refractivity contribution in [2.24, 2.45) is 5.73 Å². The average Bonchev–Trinajstić information content (AvgIpc) is 2.30. The van der Waals surface area contributed by atoms with E-state index in [4.69, 9.17) is 5.73 Å². The molecule has 1 rings (SSSR count). The zero-order valence-electron chi connectivity index (χ0n) is 11.3. The second-order valence-electron chi connectivity index (χ2n) is 4.15. The maximum absolute atomic E-state index is 11.6. The number of nitrogens with one attached hydrogen (secondary N) is 1. The van der Waals surface area contributed by atoms with Crippen LogP contribution >= 0.6 is 24.8 Å². The number of carbonyl (C=O) groups is 2. The Bertz CT molecular complexity index is 271. The van der Waals surface area contributed by atoms with Gasteiger partial charge in [-0.25, -0.2) is 0 Å². The molecule has 1 saturated heterocycles. The van der Waals surface area contributed by atoms with Gasteiger partial charge >= 0.3 is 0 Å². The maximum atomic E-state index is 11.6. The van der Waals surface area contributed by atoms with Gasteiger partial charge in [-0.3, -0.25) is 14.5 Å². The van der Waals surface area contributed by atoms with Gasteiger partial charge in [0.05, 0.1) is 6.54 Å². The summed E-state index contributed by atoms with van der Waals surface area (Å²) in [5.74, 6) is 0.166. The van der Waals surface area contributed by atoms with E-state index in [2.05, 4.69) is 10.2 Å². The van der Waals surface area contributed by atoms with Gasteiger partial charge in [-0.15, -0.1) is 24.8 Å². The number of rotatable bonds is 5. The van der Waals surface area contributed by atoms with Gasteiger partial charge in [0.1, 0.15) is 0 Å². The summed E-state index contributed by atoms with van der Waals surface area (Å²) in [5.41, 5.74) is 5.35. The summed E-state index contributed by atoms with van der Waals surface area (Å²) in [5, 5.41) is 2.77. The highest BCUT2D eigenvalue weighted by Gasteiger charge is 2.21. The van der Waals surface area contributed by atoms with Gasteiger partial charge in [0.15, 0.2) is 0 Å². The van der Waals surface area contributed by atoms with Crippen LogP contribution in [0.15, 0.2) is 0 Å². The molecule has 114 valence electrons. The van der Waals surface area contributed by atoms with Crippen LogP contribution in [-0.4, -0.2) is 67.4 Å². The summed E-state index contributed by atoms with van der Waals surface area (Å²) >= 11 is 0. The van der Waals surface area contributed by atoms with E-state index >= 15 is 0 Å². The van der Waals surface area contributed by atoms with E-state index in [1.807, 2.05) is 11.8 Å². The van der Waals surface area contributed by atoms with Crippen LogP contribution in [0.3, 0.4) is 0 Å². The molecule has 0 bridgehead atoms. The highest BCUT2D eigenvalue weighted by molar-refractivity contribution is 5.85. The zero-order chi connectivity index (χ0) is 12.7. The highest BCUT2D eigenvalue weighted by atomic mass is 35.5. The fraction of sp³-hybridized carbons (Fsp3) is 0.818. The van der Waals surface area contributed by atoms with Crippen molar-refractivity contribution >= 4 is 36.6 Å². The summed E-state index contributed by atoms with van der Waals surface area (Å²) in [6, 6.07) is 0. The number of hydrogen-bond acceptors (Lipinski definition) is 4. The second kappa shape index (κ2) is 11.3. The van der Waals surface area contributed by atoms with E-state index in [-0.39, 0.29) is 36.6 Å². The number of nitrogens with two attached hydrogens (primary N) is 1. The first-order valence-corrected chi connectivity index (χ1v) is 6.14. The highest BCUT2D eigenvalue weighted by Crippen LogP contribution is 2.03. The van der Waals surface area contributed by atoms with Gasteiger partial charge in [0.2, 0.25) is 11.8 Å². The molecule has 8 heteroatoms. The van der Waals surface area contributed by atoms with Crippen LogP contribution in [-0.2, 0) is 9.59 Å². The van der Waals surface area contributed by atoms with Crippen LogP contribution in [0.25, 0.3) is 0 Å². The van der Waals surface area contributed by atoms with Gasteiger partial charge in [-0.1, -0.05) is 0 Å². The maximum Gasteiger partial charge on any atom is 0.234 e. The van der Waals surface area contributed by atoms with E-state index in [1.54, 1.807) is 0 Å². The van der Waals surface area contributed by atoms with E-state index in [9.17, 15) is 9.59 Å². The Morgan fingerprint density at radius 1 is 1.16 bits per heavy atom. The van der Waals surface area contributed by atoms with Crippen LogP contribution in [0.2, 0.25) is 0 Å². The Morgan fingerprint density at radius 2 is 1.74 bits per heavy atom. The van der Waals surface area contributed by atoms with Crippen molar-refractivity contribution in [1.82, 2.24) is 15.1 Å². The molecule has 6 nitrogen and oxygen atoms in total. The van der Waals surface area contributed by atoms with Gasteiger partial charge in [-0.05, 0) is 6.92 Å². The quantitative estimate of drug-likeness (QED) is 0.714. The summed E-state index contributed by atoms with van der Waals surface area (Å²) in [6.07, 6.45) is 0.413. The lowest BCUT2D eigenvalue weighted by Crippen LogP contribution is -2.51. The predicted molar refractivity (Wildman–Crippen MR) is 79.9 cm³/mol. The fourth-order valence-corrected chi connectivity index (χ4v) is 1.89. The molecule has 0 atom stereocenters. The first-order valence-electron chi connectivity index (χ1n) is 6.14. The topological polar surface area (TPSA) is 78.7 Å². The number of carbonyl (C=O) groups excluding carboxylic acids is 2. The Kier molecular flexibility index (Phi) is 12.3. The summed E-state index contributed by atoms with van der Waals surface area (Å²) in [6.45, 7) is 6.29. The SMILES string of the molecule is CCNC(=O)CN1CCN(C(=O)CCN)CC1.Cl.Cl. The van der Waals surface area contributed by atoms with Crippen LogP contribution in [0.4, 0.5) is 0 Å². The molecule has 1 heterocycles. The smallest absolute Gasteiger partial charge is 0.234 e. The van der Waals surface area contributed by atoms with E-state index in [0.717, 1.165) is 13.1 Å². The van der Waals surface area contributed by atoms with Gasteiger partial charge in [0, 0.05) is 45.7 Å². The lowest BCUT2D eigenvalue weighted by atomic mass is 10.2. The zero-order valence-corrected chi connectivity index (χ0v) is 12.9. The number of amides is 2. The Morgan fingerprint density at radius 3 is 2.21 bits per heavy atom. The third-order valence-corrected chi connectivity index (χ3v) is 2.82. The van der Waals surface area contributed by atoms with Crippen molar-refractivity contribution in [1.29, 1.82) is 0 Å². The summed E-state index contributed by atoms with van der Waals surface area (Å²) < 4.78 is 0. The molecule has 0 unspecified atom stereocenters. The first-order chi connectivity index (χ1) is 8.17. The molecule has 0 aromatic carbocycles. The molecule has 1 aliphatic rings. The standard InChI is InChI=1S/C11H22N4O2.2ClH/c1-2-13-10(16)9-14-5-7-15(8-6-14)11(17)3-4-12;;/h2-9,12H2,1H3,(H,13,16);2*1H. The van der Waals surface area contributed by atoms with Gasteiger partial charge in [-0.2, -0.15) is 0 Å². The minimum Gasteiger partial charge on any atom is -0.355 e. The summed E-state index contributed by atoms with van der Waals surface area (Å²) in [7, 11) is 0. The van der Waals surface area contributed by atoms with E-state index in [0.29, 0.717) is 39.1 Å². The Hall–Kier alpha value is -0.560. The molecule has 0 saturated carbocycles. The second-order valence-corrected chi connectivity index (χ2v) is 4.15. The molecule has 19 heavy (non-hydrogen) atoms. The fourth-order valence-electron chi connectivity index (χ4n) is 1.89. The van der Waals surface area contributed by atoms with Crippen molar-refractivity contribution in [3.05, 3.63) is 0 Å². The Labute approximate surface area is 126 Å². The normalized spacial score (nSPS) is 15.2. The third-order valence-electron chi connectivity index (χ3n) is 2.82. The molecular formula is C11H24Cl2N4O2. The molecule has 0 radical (unpaired) electrons. The van der Waals surface area contributed by atoms with Gasteiger partial charge in [0.25, 0.3) is 0 Å². The first kappa shape index (κ1) is 20.8. The van der Waals surface area contributed by atoms with Gasteiger partial charge < -0.3 is 16.0 Å². The number of likely N-dealkylation sites (N-methyl/N-ethyl adjacent to an activating group) is 1. The predicted octanol–water partition coefficient (Wildman–Crippen LogP) is -0.541. The minimum atomic E-state index is 0. The molecule has 0 aromatic heterocycles. The van der Waals surface area contributed by atoms with Crippen LogP contribution in [0.5, 0.6) is 0 Å². The lowest BCUT2D eigenvalue weighted by Gasteiger charge is -2.34. The molecule has 0 aromatic rings. The van der Waals surface area contributed by atoms with E-state index < -0.39 is 0 Å². The third kappa shape index (κ3) is 7.57.